The predicted octanol–water partition coefficient (Wildman–Crippen LogP) is -0.0501. The molecule has 0 radical (unpaired) electrons. The Kier molecular flexibility index (Phi) is 7.45. The Morgan fingerprint density at radius 1 is 1.16 bits per heavy atom. The molecule has 37 heavy (non-hydrogen) atoms. The van der Waals surface area contributed by atoms with Gasteiger partial charge in [0, 0.05) is 37.8 Å². The second-order valence-electron chi connectivity index (χ2n) is 9.74. The third-order valence-corrected chi connectivity index (χ3v) is 7.29. The lowest BCUT2D eigenvalue weighted by atomic mass is 9.98. The van der Waals surface area contributed by atoms with Crippen molar-refractivity contribution < 1.29 is 28.7 Å². The van der Waals surface area contributed by atoms with Gasteiger partial charge in [0.2, 0.25) is 23.4 Å². The quantitative estimate of drug-likeness (QED) is 0.367. The zero-order chi connectivity index (χ0) is 25.9. The summed E-state index contributed by atoms with van der Waals surface area (Å²) in [7, 11) is 0. The van der Waals surface area contributed by atoms with Crippen molar-refractivity contribution in [3.8, 4) is 0 Å². The van der Waals surface area contributed by atoms with Gasteiger partial charge in [0.05, 0.1) is 25.2 Å². The van der Waals surface area contributed by atoms with Gasteiger partial charge in [-0.3, -0.25) is 29.4 Å². The molecule has 5 unspecified atom stereocenters. The van der Waals surface area contributed by atoms with E-state index in [1.54, 1.807) is 0 Å². The lowest BCUT2D eigenvalue weighted by Crippen LogP contribution is -2.43. The number of ketones is 3. The largest absolute Gasteiger partial charge is 0.473 e. The molecule has 3 N–H and O–H groups in total. The van der Waals surface area contributed by atoms with Gasteiger partial charge in [-0.05, 0) is 31.4 Å². The number of rotatable bonds is 1. The molecule has 0 aromatic carbocycles. The van der Waals surface area contributed by atoms with Gasteiger partial charge in [0.1, 0.15) is 18.0 Å². The van der Waals surface area contributed by atoms with Crippen LogP contribution in [0.5, 0.6) is 0 Å². The van der Waals surface area contributed by atoms with E-state index in [2.05, 4.69) is 5.32 Å². The van der Waals surface area contributed by atoms with Crippen molar-refractivity contribution in [1.29, 1.82) is 0 Å². The van der Waals surface area contributed by atoms with Crippen LogP contribution in [0.2, 0.25) is 0 Å². The van der Waals surface area contributed by atoms with E-state index in [4.69, 9.17) is 20.2 Å². The van der Waals surface area contributed by atoms with E-state index in [1.165, 1.54) is 0 Å². The van der Waals surface area contributed by atoms with E-state index in [9.17, 15) is 19.2 Å². The molecule has 1 saturated carbocycles. The number of amides is 1. The third-order valence-electron chi connectivity index (χ3n) is 7.29. The van der Waals surface area contributed by atoms with Crippen molar-refractivity contribution in [3.63, 3.8) is 0 Å². The first kappa shape index (κ1) is 25.2. The Bertz CT molecular complexity index is 1140. The lowest BCUT2D eigenvalue weighted by molar-refractivity contribution is -0.142. The van der Waals surface area contributed by atoms with E-state index in [0.29, 0.717) is 57.7 Å². The van der Waals surface area contributed by atoms with Crippen molar-refractivity contribution in [2.75, 3.05) is 32.9 Å². The average molecular weight is 510 g/mol. The van der Waals surface area contributed by atoms with E-state index in [1.807, 2.05) is 46.4 Å². The van der Waals surface area contributed by atoms with Gasteiger partial charge in [-0.15, -0.1) is 0 Å². The molecule has 196 valence electrons. The minimum atomic E-state index is -1.07. The second-order valence-corrected chi connectivity index (χ2v) is 9.74. The molecule has 2 bridgehead atoms. The fourth-order valence-corrected chi connectivity index (χ4v) is 5.34. The van der Waals surface area contributed by atoms with E-state index in [0.717, 1.165) is 11.4 Å². The van der Waals surface area contributed by atoms with Crippen LogP contribution in [0.15, 0.2) is 53.0 Å². The van der Waals surface area contributed by atoms with Gasteiger partial charge >= 0.3 is 0 Å². The van der Waals surface area contributed by atoms with Crippen molar-refractivity contribution >= 4 is 29.1 Å². The minimum Gasteiger partial charge on any atom is -0.473 e. The minimum absolute atomic E-state index is 0.00448. The Hall–Kier alpha value is -3.41. The van der Waals surface area contributed by atoms with Crippen molar-refractivity contribution in [2.24, 2.45) is 16.6 Å². The summed E-state index contributed by atoms with van der Waals surface area (Å²) in [6.45, 7) is 2.08. The van der Waals surface area contributed by atoms with E-state index < -0.39 is 41.3 Å². The average Bonchev–Trinajstić information content (AvgIpc) is 3.38. The summed E-state index contributed by atoms with van der Waals surface area (Å²) in [4.78, 5) is 57.6. The van der Waals surface area contributed by atoms with Gasteiger partial charge in [-0.25, -0.2) is 0 Å². The Balaban J connectivity index is 1.38. The summed E-state index contributed by atoms with van der Waals surface area (Å²) in [5.41, 5.74) is 6.67. The predicted molar refractivity (Wildman–Crippen MR) is 133 cm³/mol. The number of nitrogens with one attached hydrogen (secondary N) is 1. The molecule has 0 spiro atoms. The first-order valence-electron chi connectivity index (χ1n) is 12.6. The van der Waals surface area contributed by atoms with E-state index in [-0.39, 0.29) is 12.8 Å². The highest BCUT2D eigenvalue weighted by Crippen LogP contribution is 2.29. The molecule has 11 nitrogen and oxygen atoms in total. The Morgan fingerprint density at radius 2 is 2.03 bits per heavy atom. The highest BCUT2D eigenvalue weighted by atomic mass is 16.5. The number of hydrogen-bond donors (Lipinski definition) is 2. The number of fused-ring (bicyclic) bond motifs is 4. The molecular formula is C26H31N5O6. The Morgan fingerprint density at radius 3 is 2.86 bits per heavy atom. The first-order valence-corrected chi connectivity index (χ1v) is 12.6. The van der Waals surface area contributed by atoms with Crippen LogP contribution in [0.25, 0.3) is 0 Å². The molecule has 1 aliphatic carbocycles. The number of nitrogens with zero attached hydrogens (tertiary/aromatic N) is 3. The number of ether oxygens (including phenoxy) is 2. The van der Waals surface area contributed by atoms with E-state index >= 15 is 0 Å². The number of primary amides is 1. The summed E-state index contributed by atoms with van der Waals surface area (Å²) in [6, 6.07) is -0.472. The highest BCUT2D eigenvalue weighted by Gasteiger charge is 2.49. The van der Waals surface area contributed by atoms with Gasteiger partial charge < -0.3 is 20.1 Å². The van der Waals surface area contributed by atoms with Gasteiger partial charge in [0.25, 0.3) is 5.78 Å². The van der Waals surface area contributed by atoms with Crippen molar-refractivity contribution in [1.82, 2.24) is 15.1 Å². The molecule has 1 saturated heterocycles. The lowest BCUT2D eigenvalue weighted by Gasteiger charge is -2.29. The summed E-state index contributed by atoms with van der Waals surface area (Å²) >= 11 is 0. The van der Waals surface area contributed by atoms with Gasteiger partial charge in [-0.2, -0.15) is 4.99 Å². The molecule has 4 heterocycles. The van der Waals surface area contributed by atoms with Crippen LogP contribution < -0.4 is 11.1 Å². The maximum Gasteiger partial charge on any atom is 0.267 e. The standard InChI is InChI=1S/C26H31N5O6/c27-25(35)19-12-17-14-30(19)11-9-28-15-36-24-18(21(32)22(33)23(24)34)7-3-1-2-6-16-13-31-10-5-4-8-20(31)29-26(16)37-17/h1-2,4-5,8,10,17-19,24,28H,3,6-7,9,11-15H2,(H2,27,35)/b2-1-. The monoisotopic (exact) mass is 509 g/mol. The zero-order valence-electron chi connectivity index (χ0n) is 20.5. The maximum absolute atomic E-state index is 12.4. The van der Waals surface area contributed by atoms with Crippen molar-refractivity contribution in [3.05, 3.63) is 48.0 Å². The van der Waals surface area contributed by atoms with Crippen LogP contribution in [0.4, 0.5) is 0 Å². The number of amidine groups is 1. The fourth-order valence-electron chi connectivity index (χ4n) is 5.34. The Labute approximate surface area is 214 Å². The smallest absolute Gasteiger partial charge is 0.267 e. The van der Waals surface area contributed by atoms with Crippen LogP contribution in [0.3, 0.4) is 0 Å². The van der Waals surface area contributed by atoms with Crippen LogP contribution in [0.1, 0.15) is 25.7 Å². The molecule has 5 rings (SSSR count). The maximum atomic E-state index is 12.4. The number of carbonyl (C=O) groups excluding carboxylic acids is 4. The summed E-state index contributed by atoms with van der Waals surface area (Å²) in [6.07, 6.45) is 12.3. The first-order chi connectivity index (χ1) is 17.9. The number of aliphatic imine (C=N–C) groups is 1. The molecule has 1 amide bonds. The molecule has 0 aromatic heterocycles. The molecular weight excluding hydrogens is 478 g/mol. The van der Waals surface area contributed by atoms with Crippen LogP contribution >= 0.6 is 0 Å². The van der Waals surface area contributed by atoms with Crippen LogP contribution in [-0.2, 0) is 28.7 Å². The normalized spacial score (nSPS) is 33.6. The fraction of sp³-hybridized carbons (Fsp3) is 0.500. The SMILES string of the molecule is NC(=O)C1CC2CN1CCNCOC1C(=O)C(=O)C(=O)C1CC/C=C\CC1=C(N=C3C=CC=CN3C1)O2. The van der Waals surface area contributed by atoms with Gasteiger partial charge in [0.15, 0.2) is 0 Å². The molecule has 5 aliphatic rings. The van der Waals surface area contributed by atoms with Gasteiger partial charge in [-0.1, -0.05) is 18.2 Å². The molecule has 4 aliphatic heterocycles. The van der Waals surface area contributed by atoms with Crippen molar-refractivity contribution in [2.45, 2.75) is 43.9 Å². The number of Topliss-reactive ketones (excluding diaryl/α,β-unsaturated/α-hetero) is 3. The molecule has 11 heteroatoms. The number of carbonyl (C=O) groups is 4. The summed E-state index contributed by atoms with van der Waals surface area (Å²) in [5.74, 6) is -2.29. The number of allylic oxidation sites excluding steroid dienone is 4. The number of nitrogens with two attached hydrogens (primary N) is 1. The molecule has 2 fully saturated rings. The summed E-state index contributed by atoms with van der Waals surface area (Å²) in [5, 5.41) is 3.07. The third kappa shape index (κ3) is 5.34. The molecule has 5 atom stereocenters. The zero-order valence-corrected chi connectivity index (χ0v) is 20.5. The highest BCUT2D eigenvalue weighted by molar-refractivity contribution is 6.68. The second kappa shape index (κ2) is 10.9. The molecule has 0 aromatic rings. The topological polar surface area (TPSA) is 144 Å². The number of hydrogen-bond acceptors (Lipinski definition) is 10. The van der Waals surface area contributed by atoms with Crippen LogP contribution in [0, 0.1) is 5.92 Å². The van der Waals surface area contributed by atoms with Crippen LogP contribution in [-0.4, -0.2) is 90.1 Å². The summed E-state index contributed by atoms with van der Waals surface area (Å²) < 4.78 is 12.0.